The Morgan fingerprint density at radius 2 is 1.64 bits per heavy atom. The molecular weight excluding hydrogens is 318 g/mol. The lowest BCUT2D eigenvalue weighted by molar-refractivity contribution is 0.475. The fourth-order valence-corrected chi connectivity index (χ4v) is 2.40. The lowest BCUT2D eigenvalue weighted by atomic mass is 10.1. The SMILES string of the molecule is NC(=Nc1ccc(O)c2ccccc12)N=C(N)Nc1cccc(O)c1. The Bertz CT molecular complexity index is 982. The standard InChI is InChI=1S/C18H17N5O2/c19-17(21-11-4-3-5-12(24)10-11)23-18(20)22-15-8-9-16(25)14-7-2-1-6-13(14)15/h1-10,24-25H,(H5,19,20,21,22,23). The second kappa shape index (κ2) is 6.79. The van der Waals surface area contributed by atoms with Gasteiger partial charge in [-0.3, -0.25) is 0 Å². The van der Waals surface area contributed by atoms with Crippen molar-refractivity contribution in [2.24, 2.45) is 21.5 Å². The fraction of sp³-hybridized carbons (Fsp3) is 0. The molecule has 0 aromatic heterocycles. The summed E-state index contributed by atoms with van der Waals surface area (Å²) in [5, 5.41) is 23.6. The van der Waals surface area contributed by atoms with Gasteiger partial charge in [-0.05, 0) is 24.3 Å². The summed E-state index contributed by atoms with van der Waals surface area (Å²) in [6.07, 6.45) is 0. The molecular formula is C18H17N5O2. The van der Waals surface area contributed by atoms with Crippen LogP contribution in [0, 0.1) is 0 Å². The van der Waals surface area contributed by atoms with E-state index in [0.717, 1.165) is 5.39 Å². The molecule has 3 aromatic carbocycles. The number of benzene rings is 3. The van der Waals surface area contributed by atoms with Crippen LogP contribution in [0.15, 0.2) is 70.6 Å². The third-order valence-corrected chi connectivity index (χ3v) is 3.47. The van der Waals surface area contributed by atoms with E-state index in [1.807, 2.05) is 18.2 Å². The number of nitrogens with two attached hydrogens (primary N) is 2. The van der Waals surface area contributed by atoms with E-state index >= 15 is 0 Å². The zero-order valence-corrected chi connectivity index (χ0v) is 13.2. The van der Waals surface area contributed by atoms with Gasteiger partial charge in [0.15, 0.2) is 0 Å². The predicted molar refractivity (Wildman–Crippen MR) is 100 cm³/mol. The number of nitrogens with one attached hydrogen (secondary N) is 1. The molecule has 0 aliphatic carbocycles. The highest BCUT2D eigenvalue weighted by Crippen LogP contribution is 2.32. The molecule has 7 nitrogen and oxygen atoms in total. The molecule has 126 valence electrons. The molecule has 0 saturated carbocycles. The quantitative estimate of drug-likeness (QED) is 0.363. The van der Waals surface area contributed by atoms with E-state index in [1.54, 1.807) is 36.4 Å². The Labute approximate surface area is 144 Å². The Balaban J connectivity index is 1.88. The number of nitrogens with zero attached hydrogens (tertiary/aromatic N) is 2. The topological polar surface area (TPSA) is 129 Å². The van der Waals surface area contributed by atoms with Gasteiger partial charge in [-0.1, -0.05) is 30.3 Å². The predicted octanol–water partition coefficient (Wildman–Crippen LogP) is 2.62. The number of guanidine groups is 2. The fourth-order valence-electron chi connectivity index (χ4n) is 2.40. The minimum atomic E-state index is -0.0407. The van der Waals surface area contributed by atoms with Gasteiger partial charge in [-0.15, -0.1) is 0 Å². The molecule has 0 fully saturated rings. The average molecular weight is 335 g/mol. The van der Waals surface area contributed by atoms with Crippen LogP contribution in [-0.2, 0) is 0 Å². The van der Waals surface area contributed by atoms with Gasteiger partial charge in [0.2, 0.25) is 11.9 Å². The highest BCUT2D eigenvalue weighted by atomic mass is 16.3. The first kappa shape index (κ1) is 16.1. The Morgan fingerprint density at radius 1 is 0.880 bits per heavy atom. The third kappa shape index (κ3) is 3.78. The van der Waals surface area contributed by atoms with Gasteiger partial charge < -0.3 is 27.0 Å². The number of aliphatic imine (C=N–C) groups is 2. The molecule has 0 bridgehead atoms. The van der Waals surface area contributed by atoms with Crippen LogP contribution in [0.25, 0.3) is 10.8 Å². The molecule has 0 spiro atoms. The summed E-state index contributed by atoms with van der Waals surface area (Å²) in [6, 6.07) is 16.9. The summed E-state index contributed by atoms with van der Waals surface area (Å²) < 4.78 is 0. The molecule has 7 heteroatoms. The second-order valence-corrected chi connectivity index (χ2v) is 5.29. The van der Waals surface area contributed by atoms with Crippen molar-refractivity contribution in [1.82, 2.24) is 0 Å². The van der Waals surface area contributed by atoms with Crippen molar-refractivity contribution >= 4 is 34.1 Å². The smallest absolute Gasteiger partial charge is 0.223 e. The molecule has 0 amide bonds. The summed E-state index contributed by atoms with van der Waals surface area (Å²) in [6.45, 7) is 0. The number of phenolic OH excluding ortho intramolecular Hbond substituents is 2. The maximum atomic E-state index is 9.90. The number of hydrogen-bond acceptors (Lipinski definition) is 3. The molecule has 0 aliphatic rings. The van der Waals surface area contributed by atoms with E-state index in [9.17, 15) is 10.2 Å². The van der Waals surface area contributed by atoms with E-state index in [2.05, 4.69) is 15.3 Å². The Hall–Kier alpha value is -3.74. The summed E-state index contributed by atoms with van der Waals surface area (Å²) >= 11 is 0. The summed E-state index contributed by atoms with van der Waals surface area (Å²) in [5.74, 6) is 0.271. The minimum Gasteiger partial charge on any atom is -0.508 e. The highest BCUT2D eigenvalue weighted by Gasteiger charge is 2.05. The minimum absolute atomic E-state index is 0.0370. The molecule has 25 heavy (non-hydrogen) atoms. The van der Waals surface area contributed by atoms with Crippen LogP contribution < -0.4 is 16.8 Å². The van der Waals surface area contributed by atoms with Crippen LogP contribution >= 0.6 is 0 Å². The normalized spacial score (nSPS) is 12.3. The average Bonchev–Trinajstić information content (AvgIpc) is 2.57. The first-order valence-corrected chi connectivity index (χ1v) is 7.48. The first-order valence-electron chi connectivity index (χ1n) is 7.48. The largest absolute Gasteiger partial charge is 0.508 e. The monoisotopic (exact) mass is 335 g/mol. The van der Waals surface area contributed by atoms with Gasteiger partial charge in [0.25, 0.3) is 0 Å². The van der Waals surface area contributed by atoms with Gasteiger partial charge in [0.05, 0.1) is 5.69 Å². The van der Waals surface area contributed by atoms with Gasteiger partial charge in [0, 0.05) is 22.5 Å². The molecule has 0 heterocycles. The summed E-state index contributed by atoms with van der Waals surface area (Å²) in [5.41, 5.74) is 12.8. The lowest BCUT2D eigenvalue weighted by Crippen LogP contribution is -2.25. The Kier molecular flexibility index (Phi) is 4.38. The van der Waals surface area contributed by atoms with Gasteiger partial charge in [0.1, 0.15) is 11.5 Å². The van der Waals surface area contributed by atoms with Crippen molar-refractivity contribution < 1.29 is 10.2 Å². The highest BCUT2D eigenvalue weighted by molar-refractivity contribution is 6.03. The van der Waals surface area contributed by atoms with Crippen LogP contribution in [-0.4, -0.2) is 22.1 Å². The number of rotatable bonds is 2. The number of hydrogen-bond donors (Lipinski definition) is 5. The van der Waals surface area contributed by atoms with Gasteiger partial charge in [-0.25, -0.2) is 4.99 Å². The summed E-state index contributed by atoms with van der Waals surface area (Å²) in [4.78, 5) is 8.25. The van der Waals surface area contributed by atoms with E-state index < -0.39 is 0 Å². The number of phenols is 2. The number of aromatic hydroxyl groups is 2. The van der Waals surface area contributed by atoms with Crippen molar-refractivity contribution in [1.29, 1.82) is 0 Å². The molecule has 0 atom stereocenters. The maximum absolute atomic E-state index is 9.90. The molecule has 0 radical (unpaired) electrons. The molecule has 0 unspecified atom stereocenters. The van der Waals surface area contributed by atoms with Crippen molar-refractivity contribution in [3.05, 3.63) is 60.7 Å². The van der Waals surface area contributed by atoms with Crippen molar-refractivity contribution in [2.45, 2.75) is 0 Å². The zero-order valence-electron chi connectivity index (χ0n) is 13.2. The van der Waals surface area contributed by atoms with Crippen molar-refractivity contribution in [2.75, 3.05) is 5.32 Å². The summed E-state index contributed by atoms with van der Waals surface area (Å²) in [7, 11) is 0. The second-order valence-electron chi connectivity index (χ2n) is 5.29. The van der Waals surface area contributed by atoms with Crippen LogP contribution in [0.5, 0.6) is 11.5 Å². The van der Waals surface area contributed by atoms with Crippen LogP contribution in [0.1, 0.15) is 0 Å². The van der Waals surface area contributed by atoms with E-state index in [1.165, 1.54) is 6.07 Å². The third-order valence-electron chi connectivity index (χ3n) is 3.47. The van der Waals surface area contributed by atoms with Crippen molar-refractivity contribution in [3.8, 4) is 11.5 Å². The molecule has 0 aliphatic heterocycles. The van der Waals surface area contributed by atoms with E-state index in [4.69, 9.17) is 11.5 Å². The van der Waals surface area contributed by atoms with Gasteiger partial charge >= 0.3 is 0 Å². The lowest BCUT2D eigenvalue weighted by Gasteiger charge is -2.06. The molecule has 3 aromatic rings. The Morgan fingerprint density at radius 3 is 2.40 bits per heavy atom. The van der Waals surface area contributed by atoms with Crippen LogP contribution in [0.3, 0.4) is 0 Å². The molecule has 0 saturated heterocycles. The van der Waals surface area contributed by atoms with Gasteiger partial charge in [-0.2, -0.15) is 4.99 Å². The van der Waals surface area contributed by atoms with E-state index in [0.29, 0.717) is 16.8 Å². The van der Waals surface area contributed by atoms with Crippen LogP contribution in [0.2, 0.25) is 0 Å². The first-order chi connectivity index (χ1) is 12.0. The van der Waals surface area contributed by atoms with Crippen molar-refractivity contribution in [3.63, 3.8) is 0 Å². The van der Waals surface area contributed by atoms with Crippen LogP contribution in [0.4, 0.5) is 11.4 Å². The molecule has 7 N–H and O–H groups in total. The number of anilines is 1. The maximum Gasteiger partial charge on any atom is 0.223 e. The zero-order chi connectivity index (χ0) is 17.8. The van der Waals surface area contributed by atoms with E-state index in [-0.39, 0.29) is 23.4 Å². The molecule has 3 rings (SSSR count). The number of fused-ring (bicyclic) bond motifs is 1.